The molecule has 0 saturated carbocycles. The average Bonchev–Trinajstić information content (AvgIpc) is 3.44. The molecule has 0 spiro atoms. The maximum atomic E-state index is 12.7. The van der Waals surface area contributed by atoms with Crippen LogP contribution in [-0.2, 0) is 10.0 Å². The molecule has 0 unspecified atom stereocenters. The molecule has 162 valence electrons. The van der Waals surface area contributed by atoms with Crippen LogP contribution in [0.3, 0.4) is 0 Å². The Hall–Kier alpha value is -3.05. The molecule has 0 radical (unpaired) electrons. The fourth-order valence-corrected chi connectivity index (χ4v) is 5.42. The van der Waals surface area contributed by atoms with Crippen molar-refractivity contribution in [2.45, 2.75) is 30.4 Å². The van der Waals surface area contributed by atoms with Crippen LogP contribution in [0.5, 0.6) is 0 Å². The van der Waals surface area contributed by atoms with Gasteiger partial charge in [0.1, 0.15) is 4.21 Å². The van der Waals surface area contributed by atoms with Gasteiger partial charge < -0.3 is 9.32 Å². The van der Waals surface area contributed by atoms with Gasteiger partial charge >= 0.3 is 11.8 Å². The summed E-state index contributed by atoms with van der Waals surface area (Å²) in [5, 5.41) is 9.32. The average molecular weight is 461 g/mol. The van der Waals surface area contributed by atoms with E-state index in [0.717, 1.165) is 30.6 Å². The molecular weight excluding hydrogens is 440 g/mol. The minimum Gasteiger partial charge on any atom is -0.412 e. The van der Waals surface area contributed by atoms with E-state index in [0.29, 0.717) is 29.9 Å². The third kappa shape index (κ3) is 4.67. The monoisotopic (exact) mass is 460 g/mol. The van der Waals surface area contributed by atoms with Crippen molar-refractivity contribution in [2.75, 3.05) is 17.8 Å². The summed E-state index contributed by atoms with van der Waals surface area (Å²) < 4.78 is 33.4. The largest absolute Gasteiger partial charge is 0.412 e. The number of thiophene rings is 1. The van der Waals surface area contributed by atoms with Crippen LogP contribution >= 0.6 is 11.3 Å². The third-order valence-corrected chi connectivity index (χ3v) is 7.70. The van der Waals surface area contributed by atoms with Crippen molar-refractivity contribution in [1.29, 1.82) is 0 Å². The lowest BCUT2D eigenvalue weighted by molar-refractivity contribution is 0.0684. The molecule has 0 aliphatic carbocycles. The molecule has 11 heteroatoms. The quantitative estimate of drug-likeness (QED) is 0.559. The number of nitrogens with one attached hydrogen (secondary N) is 1. The summed E-state index contributed by atoms with van der Waals surface area (Å²) in [6, 6.07) is 7.58. The van der Waals surface area contributed by atoms with Crippen LogP contribution in [0.1, 0.15) is 47.2 Å². The van der Waals surface area contributed by atoms with Gasteiger partial charge in [-0.3, -0.25) is 14.3 Å². The molecule has 1 saturated heterocycles. The summed E-state index contributed by atoms with van der Waals surface area (Å²) in [7, 11) is -3.84. The summed E-state index contributed by atoms with van der Waals surface area (Å²) in [6.45, 7) is 2.77. The Morgan fingerprint density at radius 3 is 2.48 bits per heavy atom. The van der Waals surface area contributed by atoms with E-state index in [4.69, 9.17) is 4.42 Å². The van der Waals surface area contributed by atoms with Crippen molar-refractivity contribution in [3.8, 4) is 11.5 Å². The second-order valence-corrected chi connectivity index (χ2v) is 9.98. The van der Waals surface area contributed by atoms with Gasteiger partial charge in [-0.15, -0.1) is 21.5 Å². The second kappa shape index (κ2) is 8.60. The molecule has 1 aliphatic rings. The molecule has 9 nitrogen and oxygen atoms in total. The number of nitrogens with zero attached hydrogens (tertiary/aromatic N) is 3. The van der Waals surface area contributed by atoms with Crippen LogP contribution in [0.4, 0.5) is 5.69 Å². The molecule has 1 N–H and O–H groups in total. The van der Waals surface area contributed by atoms with Gasteiger partial charge in [-0.25, -0.2) is 8.42 Å². The summed E-state index contributed by atoms with van der Waals surface area (Å²) in [5.74, 6) is -0.424. The first-order valence-corrected chi connectivity index (χ1v) is 12.1. The van der Waals surface area contributed by atoms with Crippen molar-refractivity contribution < 1.29 is 22.4 Å². The number of rotatable bonds is 6. The Kier molecular flexibility index (Phi) is 5.88. The number of carbonyl (C=O) groups excluding carboxylic acids is 2. The Morgan fingerprint density at radius 1 is 1.10 bits per heavy atom. The number of carbonyl (C=O) groups is 2. The molecular formula is C20H20N4O5S2. The van der Waals surface area contributed by atoms with Crippen LogP contribution in [-0.4, -0.2) is 48.3 Å². The van der Waals surface area contributed by atoms with Gasteiger partial charge in [0, 0.05) is 29.7 Å². The van der Waals surface area contributed by atoms with Crippen molar-refractivity contribution in [3.63, 3.8) is 0 Å². The van der Waals surface area contributed by atoms with E-state index in [2.05, 4.69) is 14.9 Å². The Morgan fingerprint density at radius 2 is 1.81 bits per heavy atom. The molecule has 4 rings (SSSR count). The number of Topliss-reactive ketones (excluding diaryl/α,β-unsaturated/α-hetero) is 1. The fourth-order valence-electron chi connectivity index (χ4n) is 3.21. The molecule has 3 aromatic rings. The molecule has 0 bridgehead atoms. The van der Waals surface area contributed by atoms with Gasteiger partial charge in [0.05, 0.1) is 5.56 Å². The number of anilines is 1. The summed E-state index contributed by atoms with van der Waals surface area (Å²) in [6.07, 6.45) is 2.99. The Balaban J connectivity index is 1.49. The summed E-state index contributed by atoms with van der Waals surface area (Å²) in [5.41, 5.74) is 1.25. The molecule has 1 fully saturated rings. The van der Waals surface area contributed by atoms with E-state index in [1.807, 2.05) is 0 Å². The maximum Gasteiger partial charge on any atom is 0.311 e. The van der Waals surface area contributed by atoms with Gasteiger partial charge in [0.15, 0.2) is 5.78 Å². The summed E-state index contributed by atoms with van der Waals surface area (Å²) >= 11 is 0.997. The number of likely N-dealkylation sites (tertiary alicyclic amines) is 1. The van der Waals surface area contributed by atoms with Gasteiger partial charge in [-0.05, 0) is 56.5 Å². The SMILES string of the molecule is CC(=O)c1ccc(NS(=O)(=O)c2cc(-c3nnc(C(=O)N4CCCCC4)o3)cs2)cc1. The van der Waals surface area contributed by atoms with E-state index in [1.54, 1.807) is 22.4 Å². The molecule has 1 amide bonds. The molecule has 31 heavy (non-hydrogen) atoms. The number of sulfonamides is 1. The smallest absolute Gasteiger partial charge is 0.311 e. The maximum absolute atomic E-state index is 12.7. The standard InChI is InChI=1S/C20H20N4O5S2/c1-13(25)14-5-7-16(8-6-14)23-31(27,28)17-11-15(12-30-17)18-21-22-19(29-18)20(26)24-9-3-2-4-10-24/h5-8,11-12,23H,2-4,9-10H2,1H3. The zero-order valence-electron chi connectivity index (χ0n) is 16.7. The highest BCUT2D eigenvalue weighted by molar-refractivity contribution is 7.94. The Labute approximate surface area is 183 Å². The van der Waals surface area contributed by atoms with E-state index >= 15 is 0 Å². The lowest BCUT2D eigenvalue weighted by atomic mass is 10.1. The van der Waals surface area contributed by atoms with Crippen molar-refractivity contribution in [1.82, 2.24) is 15.1 Å². The number of aromatic nitrogens is 2. The number of piperidine rings is 1. The van der Waals surface area contributed by atoms with Crippen LogP contribution in [0, 0.1) is 0 Å². The Bertz CT molecular complexity index is 1210. The molecule has 2 aromatic heterocycles. The van der Waals surface area contributed by atoms with Crippen LogP contribution in [0.2, 0.25) is 0 Å². The van der Waals surface area contributed by atoms with Crippen LogP contribution < -0.4 is 4.72 Å². The van der Waals surface area contributed by atoms with Crippen LogP contribution in [0.15, 0.2) is 44.3 Å². The number of amides is 1. The highest BCUT2D eigenvalue weighted by atomic mass is 32.2. The van der Waals surface area contributed by atoms with Crippen molar-refractivity contribution in [3.05, 3.63) is 47.2 Å². The second-order valence-electron chi connectivity index (χ2n) is 7.16. The summed E-state index contributed by atoms with van der Waals surface area (Å²) in [4.78, 5) is 25.5. The van der Waals surface area contributed by atoms with Crippen molar-refractivity contribution >= 4 is 38.7 Å². The zero-order valence-corrected chi connectivity index (χ0v) is 18.3. The lowest BCUT2D eigenvalue weighted by Gasteiger charge is -2.24. The molecule has 1 aliphatic heterocycles. The number of ketones is 1. The highest BCUT2D eigenvalue weighted by Crippen LogP contribution is 2.29. The molecule has 1 aromatic carbocycles. The van der Waals surface area contributed by atoms with Crippen molar-refractivity contribution in [2.24, 2.45) is 0 Å². The van der Waals surface area contributed by atoms with Crippen LogP contribution in [0.25, 0.3) is 11.5 Å². The van der Waals surface area contributed by atoms with Gasteiger partial charge in [0.2, 0.25) is 5.89 Å². The van der Waals surface area contributed by atoms with E-state index in [-0.39, 0.29) is 27.7 Å². The zero-order chi connectivity index (χ0) is 22.0. The first-order valence-electron chi connectivity index (χ1n) is 9.69. The predicted molar refractivity (Wildman–Crippen MR) is 115 cm³/mol. The predicted octanol–water partition coefficient (Wildman–Crippen LogP) is 3.43. The van der Waals surface area contributed by atoms with Gasteiger partial charge in [-0.2, -0.15) is 0 Å². The normalized spacial score (nSPS) is 14.4. The van der Waals surface area contributed by atoms with Gasteiger partial charge in [-0.1, -0.05) is 0 Å². The van der Waals surface area contributed by atoms with E-state index in [1.165, 1.54) is 25.1 Å². The topological polar surface area (TPSA) is 122 Å². The van der Waals surface area contributed by atoms with E-state index < -0.39 is 10.0 Å². The minimum absolute atomic E-state index is 0.0558. The molecule has 3 heterocycles. The number of hydrogen-bond acceptors (Lipinski definition) is 8. The minimum atomic E-state index is -3.84. The fraction of sp³-hybridized carbons (Fsp3) is 0.300. The lowest BCUT2D eigenvalue weighted by Crippen LogP contribution is -2.35. The highest BCUT2D eigenvalue weighted by Gasteiger charge is 2.25. The van der Waals surface area contributed by atoms with Gasteiger partial charge in [0.25, 0.3) is 10.0 Å². The first kappa shape index (κ1) is 21.2. The third-order valence-electron chi connectivity index (χ3n) is 4.88. The van der Waals surface area contributed by atoms with E-state index in [9.17, 15) is 18.0 Å². The number of hydrogen-bond donors (Lipinski definition) is 1. The number of benzene rings is 1. The first-order chi connectivity index (χ1) is 14.8. The molecule has 0 atom stereocenters.